The maximum Gasteiger partial charge on any atom is 0.279 e. The van der Waals surface area contributed by atoms with Crippen LogP contribution in [0.2, 0.25) is 5.02 Å². The van der Waals surface area contributed by atoms with Gasteiger partial charge in [-0.15, -0.1) is 0 Å². The molecule has 1 aromatic carbocycles. The molecule has 1 fully saturated rings. The summed E-state index contributed by atoms with van der Waals surface area (Å²) in [6.45, 7) is 3.47. The predicted octanol–water partition coefficient (Wildman–Crippen LogP) is 1.59. The minimum absolute atomic E-state index is 0.127. The first-order valence-corrected chi connectivity index (χ1v) is 9.56. The highest BCUT2D eigenvalue weighted by Crippen LogP contribution is 2.27. The van der Waals surface area contributed by atoms with Gasteiger partial charge in [0.15, 0.2) is 13.1 Å². The summed E-state index contributed by atoms with van der Waals surface area (Å²) in [5.74, 6) is 0.499. The summed E-state index contributed by atoms with van der Waals surface area (Å²) in [5.41, 5.74) is 0.534. The first kappa shape index (κ1) is 20.5. The number of carbonyl (C=O) groups is 2. The van der Waals surface area contributed by atoms with E-state index in [0.29, 0.717) is 29.0 Å². The Bertz CT molecular complexity index is 638. The quantitative estimate of drug-likeness (QED) is 0.752. The van der Waals surface area contributed by atoms with Crippen LogP contribution in [0, 0.1) is 0 Å². The second-order valence-electron chi connectivity index (χ2n) is 6.85. The molecule has 1 aliphatic rings. The summed E-state index contributed by atoms with van der Waals surface area (Å²) < 4.78 is 5.23. The lowest BCUT2D eigenvalue weighted by molar-refractivity contribution is -0.862. The van der Waals surface area contributed by atoms with Crippen LogP contribution in [0.4, 0.5) is 5.69 Å². The Hall–Kier alpha value is -1.79. The number of piperidine rings is 1. The van der Waals surface area contributed by atoms with E-state index >= 15 is 0 Å². The number of rotatable bonds is 7. The summed E-state index contributed by atoms with van der Waals surface area (Å²) >= 11 is 5.98. The molecule has 2 N–H and O–H groups in total. The van der Waals surface area contributed by atoms with Gasteiger partial charge < -0.3 is 19.9 Å². The minimum atomic E-state index is -0.179. The van der Waals surface area contributed by atoms with E-state index in [2.05, 4.69) is 12.2 Å². The topological polar surface area (TPSA) is 63.1 Å². The fraction of sp³-hybridized carbons (Fsp3) is 0.579. The molecule has 7 heteroatoms. The van der Waals surface area contributed by atoms with Crippen molar-refractivity contribution in [2.45, 2.75) is 38.6 Å². The maximum atomic E-state index is 12.6. The Labute approximate surface area is 160 Å². The molecule has 1 aliphatic heterocycles. The van der Waals surface area contributed by atoms with Crippen LogP contribution in [0.25, 0.3) is 0 Å². The van der Waals surface area contributed by atoms with E-state index < -0.39 is 0 Å². The number of nitrogens with zero attached hydrogens (tertiary/aromatic N) is 1. The van der Waals surface area contributed by atoms with Gasteiger partial charge in [0.1, 0.15) is 5.75 Å². The van der Waals surface area contributed by atoms with Crippen molar-refractivity contribution in [2.75, 3.05) is 39.1 Å². The van der Waals surface area contributed by atoms with E-state index in [4.69, 9.17) is 16.3 Å². The van der Waals surface area contributed by atoms with Gasteiger partial charge in [-0.25, -0.2) is 0 Å². The number of methoxy groups -OCH3 is 1. The molecular weight excluding hydrogens is 354 g/mol. The number of likely N-dealkylation sites (N-methyl/N-ethyl adjacent to an activating group) is 1. The van der Waals surface area contributed by atoms with Crippen LogP contribution >= 0.6 is 11.6 Å². The molecule has 2 atom stereocenters. The average Bonchev–Trinajstić information content (AvgIpc) is 2.61. The van der Waals surface area contributed by atoms with Crippen LogP contribution in [0.1, 0.15) is 32.6 Å². The van der Waals surface area contributed by atoms with Gasteiger partial charge in [-0.1, -0.05) is 18.5 Å². The zero-order valence-electron chi connectivity index (χ0n) is 15.8. The van der Waals surface area contributed by atoms with Crippen molar-refractivity contribution in [3.8, 4) is 5.75 Å². The van der Waals surface area contributed by atoms with Gasteiger partial charge in [0.2, 0.25) is 0 Å². The number of ether oxygens (including phenoxy) is 1. The molecule has 2 amide bonds. The van der Waals surface area contributed by atoms with Crippen molar-refractivity contribution in [2.24, 2.45) is 0 Å². The molecule has 0 bridgehead atoms. The zero-order valence-corrected chi connectivity index (χ0v) is 16.6. The third kappa shape index (κ3) is 5.61. The number of halogens is 1. The normalized spacial score (nSPS) is 18.3. The van der Waals surface area contributed by atoms with Crippen LogP contribution in [-0.2, 0) is 9.59 Å². The molecule has 6 nitrogen and oxygen atoms in total. The van der Waals surface area contributed by atoms with E-state index in [-0.39, 0.29) is 18.4 Å². The van der Waals surface area contributed by atoms with Gasteiger partial charge >= 0.3 is 0 Å². The predicted molar refractivity (Wildman–Crippen MR) is 103 cm³/mol. The molecule has 0 aliphatic carbocycles. The summed E-state index contributed by atoms with van der Waals surface area (Å²) in [7, 11) is 3.40. The van der Waals surface area contributed by atoms with Crippen LogP contribution < -0.4 is 15.0 Å². The van der Waals surface area contributed by atoms with Crippen molar-refractivity contribution >= 4 is 29.1 Å². The number of carbonyl (C=O) groups excluding carboxylic acids is 2. The van der Waals surface area contributed by atoms with Crippen molar-refractivity contribution in [3.63, 3.8) is 0 Å². The largest absolute Gasteiger partial charge is 0.495 e. The van der Waals surface area contributed by atoms with Crippen LogP contribution in [0.5, 0.6) is 5.75 Å². The Balaban J connectivity index is 1.89. The Morgan fingerprint density at radius 2 is 2.12 bits per heavy atom. The van der Waals surface area contributed by atoms with E-state index in [1.807, 2.05) is 11.9 Å². The van der Waals surface area contributed by atoms with Crippen molar-refractivity contribution in [1.29, 1.82) is 0 Å². The SMILES string of the molecule is CC[C@H]1CCCCN1C(=O)C[NH+](C)CC(=O)Nc1cc(Cl)ccc1OC. The number of hydrogen-bond donors (Lipinski definition) is 2. The van der Waals surface area contributed by atoms with E-state index in [1.165, 1.54) is 13.5 Å². The second-order valence-corrected chi connectivity index (χ2v) is 7.28. The highest BCUT2D eigenvalue weighted by molar-refractivity contribution is 6.31. The van der Waals surface area contributed by atoms with Gasteiger partial charge in [0.05, 0.1) is 19.8 Å². The summed E-state index contributed by atoms with van der Waals surface area (Å²) in [4.78, 5) is 27.8. The van der Waals surface area contributed by atoms with E-state index in [9.17, 15) is 9.59 Å². The molecule has 0 saturated carbocycles. The van der Waals surface area contributed by atoms with Crippen LogP contribution in [0.15, 0.2) is 18.2 Å². The van der Waals surface area contributed by atoms with Gasteiger partial charge in [0.25, 0.3) is 11.8 Å². The molecule has 1 saturated heterocycles. The number of amides is 2. The molecule has 1 aromatic rings. The lowest BCUT2D eigenvalue weighted by Gasteiger charge is -2.35. The number of anilines is 1. The fourth-order valence-corrected chi connectivity index (χ4v) is 3.59. The first-order chi connectivity index (χ1) is 12.4. The number of likely N-dealkylation sites (tertiary alicyclic amines) is 1. The van der Waals surface area contributed by atoms with Gasteiger partial charge in [-0.05, 0) is 43.9 Å². The molecule has 0 spiro atoms. The van der Waals surface area contributed by atoms with Gasteiger partial charge in [0, 0.05) is 17.6 Å². The van der Waals surface area contributed by atoms with E-state index in [0.717, 1.165) is 30.7 Å². The highest BCUT2D eigenvalue weighted by atomic mass is 35.5. The third-order valence-corrected chi connectivity index (χ3v) is 5.00. The van der Waals surface area contributed by atoms with Gasteiger partial charge in [-0.3, -0.25) is 9.59 Å². The zero-order chi connectivity index (χ0) is 19.1. The number of hydrogen-bond acceptors (Lipinski definition) is 3. The smallest absolute Gasteiger partial charge is 0.279 e. The molecule has 26 heavy (non-hydrogen) atoms. The summed E-state index contributed by atoms with van der Waals surface area (Å²) in [6, 6.07) is 5.40. The molecular formula is C19H29ClN3O3+. The molecule has 1 heterocycles. The number of benzene rings is 1. The van der Waals surface area contributed by atoms with Crippen LogP contribution in [-0.4, -0.2) is 56.5 Å². The highest BCUT2D eigenvalue weighted by Gasteiger charge is 2.27. The third-order valence-electron chi connectivity index (χ3n) is 4.77. The van der Waals surface area contributed by atoms with Gasteiger partial charge in [-0.2, -0.15) is 0 Å². The molecule has 1 unspecified atom stereocenters. The molecule has 0 aromatic heterocycles. The fourth-order valence-electron chi connectivity index (χ4n) is 3.42. The molecule has 144 valence electrons. The standard InChI is InChI=1S/C19H28ClN3O3/c1-4-15-7-5-6-10-23(15)19(25)13-22(2)12-18(24)21-16-11-14(20)8-9-17(16)26-3/h8-9,11,15H,4-7,10,12-13H2,1-3H3,(H,21,24)/p+1/t15-/m0/s1. The lowest BCUT2D eigenvalue weighted by atomic mass is 10.00. The first-order valence-electron chi connectivity index (χ1n) is 9.18. The maximum absolute atomic E-state index is 12.6. The van der Waals surface area contributed by atoms with Crippen molar-refractivity contribution in [3.05, 3.63) is 23.2 Å². The molecule has 2 rings (SSSR count). The number of nitrogens with one attached hydrogen (secondary N) is 2. The minimum Gasteiger partial charge on any atom is -0.495 e. The summed E-state index contributed by atoms with van der Waals surface area (Å²) in [5, 5.41) is 3.33. The van der Waals surface area contributed by atoms with Crippen LogP contribution in [0.3, 0.4) is 0 Å². The van der Waals surface area contributed by atoms with Crippen molar-refractivity contribution < 1.29 is 19.2 Å². The summed E-state index contributed by atoms with van der Waals surface area (Å²) in [6.07, 6.45) is 4.32. The second kappa shape index (κ2) is 9.78. The monoisotopic (exact) mass is 382 g/mol. The Morgan fingerprint density at radius 3 is 2.81 bits per heavy atom. The Morgan fingerprint density at radius 1 is 1.35 bits per heavy atom. The molecule has 0 radical (unpaired) electrons. The average molecular weight is 383 g/mol. The Kier molecular flexibility index (Phi) is 7.72. The van der Waals surface area contributed by atoms with Crippen molar-refractivity contribution in [1.82, 2.24) is 4.90 Å². The van der Waals surface area contributed by atoms with E-state index in [1.54, 1.807) is 18.2 Å². The lowest BCUT2D eigenvalue weighted by Crippen LogP contribution is -3.11. The number of quaternary nitrogens is 1.